The first-order valence-electron chi connectivity index (χ1n) is 21.5. The first-order valence-corrected chi connectivity index (χ1v) is 22.3. The van der Waals surface area contributed by atoms with Crippen molar-refractivity contribution in [1.29, 1.82) is 0 Å². The Morgan fingerprint density at radius 2 is 0.939 bits per heavy atom. The van der Waals surface area contributed by atoms with E-state index in [-0.39, 0.29) is 75.3 Å². The molecule has 4 atom stereocenters. The van der Waals surface area contributed by atoms with E-state index >= 15 is 0 Å². The highest BCUT2D eigenvalue weighted by Crippen LogP contribution is 2.44. The topological polar surface area (TPSA) is 231 Å². The molecule has 0 saturated carbocycles. The maximum Gasteiger partial charge on any atom is 0.336 e. The number of amides is 4. The highest BCUT2D eigenvalue weighted by Gasteiger charge is 2.45. The summed E-state index contributed by atoms with van der Waals surface area (Å²) in [4.78, 5) is 86.6. The molecule has 0 aliphatic carbocycles. The zero-order valence-electron chi connectivity index (χ0n) is 38.0. The molecule has 358 valence electrons. The third-order valence-corrected chi connectivity index (χ3v) is 11.2. The molecule has 4 amide bonds. The van der Waals surface area contributed by atoms with Gasteiger partial charge in [-0.3, -0.25) is 19.6 Å². The third-order valence-electron chi connectivity index (χ3n) is 10.5. The highest BCUT2D eigenvalue weighted by atomic mass is 35.5. The van der Waals surface area contributed by atoms with Crippen LogP contribution in [0, 0.1) is 11.8 Å². The van der Waals surface area contributed by atoms with E-state index in [0.29, 0.717) is 58.5 Å². The zero-order chi connectivity index (χ0) is 48.2. The number of esters is 4. The number of nitrogens with one attached hydrogen (secondary N) is 4. The van der Waals surface area contributed by atoms with Gasteiger partial charge in [0.2, 0.25) is 0 Å². The van der Waals surface area contributed by atoms with Crippen LogP contribution in [0.15, 0.2) is 81.1 Å². The largest absolute Gasteiger partial charge is 0.468 e. The highest BCUT2D eigenvalue weighted by molar-refractivity contribution is 6.32. The lowest BCUT2D eigenvalue weighted by Crippen LogP contribution is -2.39. The van der Waals surface area contributed by atoms with E-state index in [4.69, 9.17) is 51.6 Å². The molecule has 66 heavy (non-hydrogen) atoms. The van der Waals surface area contributed by atoms with Gasteiger partial charge in [0.05, 0.1) is 76.4 Å². The van der Waals surface area contributed by atoms with Crippen LogP contribution in [-0.4, -0.2) is 127 Å². The summed E-state index contributed by atoms with van der Waals surface area (Å²) < 4.78 is 32.5. The molecule has 0 fully saturated rings. The number of halogens is 2. The first-order chi connectivity index (χ1) is 31.8. The Hall–Kier alpha value is -5.82. The third kappa shape index (κ3) is 14.3. The second-order valence-electron chi connectivity index (χ2n) is 14.8. The molecule has 0 aromatic heterocycles. The van der Waals surface area contributed by atoms with Gasteiger partial charge in [-0.2, -0.15) is 0 Å². The van der Waals surface area contributed by atoms with Gasteiger partial charge in [0, 0.05) is 59.5 Å². The van der Waals surface area contributed by atoms with E-state index in [9.17, 15) is 28.8 Å². The molecule has 4 rings (SSSR count). The van der Waals surface area contributed by atoms with E-state index in [1.165, 1.54) is 14.2 Å². The van der Waals surface area contributed by atoms with Crippen molar-refractivity contribution in [3.05, 3.63) is 92.2 Å². The smallest absolute Gasteiger partial charge is 0.336 e. The molecule has 0 saturated heterocycles. The minimum atomic E-state index is -0.919. The molecule has 2 aliphatic heterocycles. The number of ether oxygens (including phenoxy) is 6. The van der Waals surface area contributed by atoms with E-state index in [0.717, 1.165) is 0 Å². The number of hydrogen-bond donors (Lipinski definition) is 4. The molecule has 2 aliphatic rings. The van der Waals surface area contributed by atoms with Crippen LogP contribution in [-0.2, 0) is 47.6 Å². The molecule has 0 bridgehead atoms. The van der Waals surface area contributed by atoms with Crippen LogP contribution < -0.4 is 21.3 Å². The number of unbranched alkanes of at least 4 members (excludes halogenated alkanes) is 1. The number of aliphatic imine (C=N–C) groups is 2. The summed E-state index contributed by atoms with van der Waals surface area (Å²) in [5.41, 5.74) is 2.75. The zero-order valence-corrected chi connectivity index (χ0v) is 39.5. The van der Waals surface area contributed by atoms with Gasteiger partial charge in [0.25, 0.3) is 0 Å². The second-order valence-corrected chi connectivity index (χ2v) is 15.7. The number of benzene rings is 2. The van der Waals surface area contributed by atoms with Gasteiger partial charge in [-0.25, -0.2) is 19.2 Å². The van der Waals surface area contributed by atoms with Gasteiger partial charge in [0.15, 0.2) is 0 Å². The van der Waals surface area contributed by atoms with Gasteiger partial charge in [-0.05, 0) is 63.8 Å². The summed E-state index contributed by atoms with van der Waals surface area (Å²) in [7, 11) is 2.53. The fraction of sp³-hybridized carbons (Fsp3) is 0.478. The lowest BCUT2D eigenvalue weighted by atomic mass is 9.75. The van der Waals surface area contributed by atoms with Gasteiger partial charge in [0.1, 0.15) is 11.8 Å². The maximum atomic E-state index is 13.4. The van der Waals surface area contributed by atoms with Crippen LogP contribution in [0.1, 0.15) is 63.5 Å². The van der Waals surface area contributed by atoms with E-state index in [2.05, 4.69) is 31.3 Å². The van der Waals surface area contributed by atoms with Crippen LogP contribution in [0.5, 0.6) is 0 Å². The van der Waals surface area contributed by atoms with Gasteiger partial charge in [-0.1, -0.05) is 59.6 Å². The number of hydrogen-bond acceptors (Lipinski definition) is 14. The summed E-state index contributed by atoms with van der Waals surface area (Å²) in [6.45, 7) is 7.84. The molecule has 2 aromatic rings. The van der Waals surface area contributed by atoms with E-state index in [1.54, 1.807) is 76.2 Å². The van der Waals surface area contributed by atoms with Gasteiger partial charge < -0.3 is 49.7 Å². The van der Waals surface area contributed by atoms with Crippen molar-refractivity contribution in [2.24, 2.45) is 21.8 Å². The van der Waals surface area contributed by atoms with Crippen molar-refractivity contribution in [3.8, 4) is 0 Å². The fourth-order valence-corrected chi connectivity index (χ4v) is 8.08. The predicted octanol–water partition coefficient (Wildman–Crippen LogP) is 5.43. The van der Waals surface area contributed by atoms with E-state index < -0.39 is 59.6 Å². The fourth-order valence-electron chi connectivity index (χ4n) is 7.57. The van der Waals surface area contributed by atoms with Crippen LogP contribution >= 0.6 is 23.2 Å². The average molecular weight is 958 g/mol. The van der Waals surface area contributed by atoms with Crippen LogP contribution in [0.25, 0.3) is 0 Å². The maximum absolute atomic E-state index is 13.4. The number of rotatable bonds is 23. The summed E-state index contributed by atoms with van der Waals surface area (Å²) in [5.74, 6) is -5.97. The Morgan fingerprint density at radius 3 is 1.29 bits per heavy atom. The summed E-state index contributed by atoms with van der Waals surface area (Å²) >= 11 is 13.1. The lowest BCUT2D eigenvalue weighted by molar-refractivity contribution is -0.145. The Kier molecular flexibility index (Phi) is 21.6. The molecule has 0 spiro atoms. The molecular weight excluding hydrogens is 899 g/mol. The summed E-state index contributed by atoms with van der Waals surface area (Å²) in [6.07, 6.45) is 1.16. The van der Waals surface area contributed by atoms with Crippen LogP contribution in [0.3, 0.4) is 0 Å². The molecule has 4 unspecified atom stereocenters. The number of carbonyl (C=O) groups is 6. The first kappa shape index (κ1) is 52.8. The minimum absolute atomic E-state index is 0.0878. The van der Waals surface area contributed by atoms with Crippen LogP contribution in [0.4, 0.5) is 9.59 Å². The Labute approximate surface area is 394 Å². The number of carbonyl (C=O) groups excluding carboxylic acids is 6. The second kappa shape index (κ2) is 27.0. The number of urea groups is 2. The molecule has 20 heteroatoms. The lowest BCUT2D eigenvalue weighted by Gasteiger charge is -2.32. The molecule has 2 heterocycles. The monoisotopic (exact) mass is 956 g/mol. The molecule has 18 nitrogen and oxygen atoms in total. The van der Waals surface area contributed by atoms with Crippen molar-refractivity contribution in [2.75, 3.05) is 80.0 Å². The molecule has 0 radical (unpaired) electrons. The SMILES string of the molecule is CCOC(=O)C1=C(COCCNC(=O)NCCCCNC(=O)NCCOCC2=C(C(=O)OCC)C(c3ccccc3Cl)C(C(=O)OC)C(C)=N2)N=C(C)C(C(=O)OC)C1c1ccccc1Cl. The normalized spacial score (nSPS) is 18.1. The molecule has 4 N–H and O–H groups in total. The number of nitrogens with zero attached hydrogens (tertiary/aromatic N) is 2. The van der Waals surface area contributed by atoms with Crippen molar-refractivity contribution in [2.45, 2.75) is 52.4 Å². The number of methoxy groups -OCH3 is 2. The quantitative estimate of drug-likeness (QED) is 0.0621. The summed E-state index contributed by atoms with van der Waals surface area (Å²) in [6, 6.07) is 13.0. The van der Waals surface area contributed by atoms with E-state index in [1.807, 2.05) is 0 Å². The Bertz CT molecular complexity index is 2040. The minimum Gasteiger partial charge on any atom is -0.468 e. The molecular formula is C46H58Cl2N6O12. The average Bonchev–Trinajstić information content (AvgIpc) is 3.29. The van der Waals surface area contributed by atoms with Crippen LogP contribution in [0.2, 0.25) is 10.0 Å². The van der Waals surface area contributed by atoms with Crippen molar-refractivity contribution in [1.82, 2.24) is 21.3 Å². The van der Waals surface area contributed by atoms with Crippen molar-refractivity contribution < 1.29 is 57.2 Å². The Morgan fingerprint density at radius 1 is 0.576 bits per heavy atom. The molecule has 2 aromatic carbocycles. The van der Waals surface area contributed by atoms with Crippen molar-refractivity contribution in [3.63, 3.8) is 0 Å². The van der Waals surface area contributed by atoms with Gasteiger partial charge >= 0.3 is 35.9 Å². The standard InChI is InChI=1S/C46H58Cl2N6O12/c1-7-65-43(57)39-33(53-27(3)35(41(55)61-5)37(39)29-15-9-11-17-31(29)47)25-63-23-21-51-45(59)49-19-13-14-20-50-46(60)52-22-24-64-26-34-40(44(58)66-8-2)38(30-16-10-12-18-32(30)48)36(28(4)54-34)42(56)62-6/h9-12,15-18,35-38H,7-8,13-14,19-26H2,1-6H3,(H2,49,51,59)(H2,50,52,60). The predicted molar refractivity (Wildman–Crippen MR) is 247 cm³/mol. The Balaban J connectivity index is 1.17. The van der Waals surface area contributed by atoms with Gasteiger partial charge in [-0.15, -0.1) is 0 Å². The summed E-state index contributed by atoms with van der Waals surface area (Å²) in [5, 5.41) is 11.6. The van der Waals surface area contributed by atoms with Crippen molar-refractivity contribution >= 4 is 70.6 Å².